The number of rotatable bonds is 7. The van der Waals surface area contributed by atoms with Gasteiger partial charge in [-0.25, -0.2) is 9.97 Å². The van der Waals surface area contributed by atoms with E-state index in [0.29, 0.717) is 40.6 Å². The van der Waals surface area contributed by atoms with Gasteiger partial charge in [0.25, 0.3) is 5.91 Å². The Bertz CT molecular complexity index is 1150. The number of carbonyl (C=O) groups excluding carboxylic acids is 1. The molecule has 2 saturated carbocycles. The summed E-state index contributed by atoms with van der Waals surface area (Å²) in [6.45, 7) is 1.44. The summed E-state index contributed by atoms with van der Waals surface area (Å²) in [6.07, 6.45) is 5.59. The van der Waals surface area contributed by atoms with Crippen LogP contribution >= 0.6 is 0 Å². The van der Waals surface area contributed by atoms with E-state index in [9.17, 15) is 4.79 Å². The van der Waals surface area contributed by atoms with E-state index in [1.54, 1.807) is 24.0 Å². The van der Waals surface area contributed by atoms with Crippen LogP contribution in [0, 0.1) is 11.8 Å². The van der Waals surface area contributed by atoms with Crippen LogP contribution in [0.4, 0.5) is 17.3 Å². The van der Waals surface area contributed by atoms with Crippen LogP contribution in [0.2, 0.25) is 0 Å². The highest BCUT2D eigenvalue weighted by Crippen LogP contribution is 2.44. The summed E-state index contributed by atoms with van der Waals surface area (Å²) in [7, 11) is 1.80. The van der Waals surface area contributed by atoms with Crippen molar-refractivity contribution in [2.45, 2.75) is 25.0 Å². The van der Waals surface area contributed by atoms with E-state index in [1.165, 1.54) is 0 Å². The van der Waals surface area contributed by atoms with Crippen molar-refractivity contribution in [2.75, 3.05) is 30.9 Å². The molecule has 3 atom stereocenters. The molecule has 3 aromatic rings. The molecule has 0 aromatic carbocycles. The topological polar surface area (TPSA) is 115 Å². The predicted molar refractivity (Wildman–Crippen MR) is 113 cm³/mol. The van der Waals surface area contributed by atoms with Crippen LogP contribution < -0.4 is 20.7 Å². The molecule has 31 heavy (non-hydrogen) atoms. The zero-order valence-electron chi connectivity index (χ0n) is 17.0. The minimum Gasteiger partial charge on any atom is -0.473 e. The molecule has 1 amide bonds. The lowest BCUT2D eigenvalue weighted by molar-refractivity contribution is 0.0930. The maximum atomic E-state index is 12.9. The number of aromatic nitrogens is 4. The van der Waals surface area contributed by atoms with Crippen molar-refractivity contribution >= 4 is 28.9 Å². The van der Waals surface area contributed by atoms with E-state index in [0.717, 1.165) is 31.7 Å². The second-order valence-corrected chi connectivity index (χ2v) is 8.23. The molecule has 2 aliphatic carbocycles. The number of hydrogen-bond acceptors (Lipinski definition) is 8. The van der Waals surface area contributed by atoms with Gasteiger partial charge in [0.15, 0.2) is 5.65 Å². The van der Waals surface area contributed by atoms with Gasteiger partial charge in [0.2, 0.25) is 5.88 Å². The fraction of sp³-hybridized carbons (Fsp3) is 0.429. The van der Waals surface area contributed by atoms with Crippen molar-refractivity contribution in [2.24, 2.45) is 11.8 Å². The van der Waals surface area contributed by atoms with Crippen molar-refractivity contribution in [3.63, 3.8) is 0 Å². The quantitative estimate of drug-likeness (QED) is 0.529. The molecule has 3 fully saturated rings. The van der Waals surface area contributed by atoms with Gasteiger partial charge >= 0.3 is 0 Å². The lowest BCUT2D eigenvalue weighted by atomic mass is 10.3. The van der Waals surface area contributed by atoms with Gasteiger partial charge in [0.1, 0.15) is 29.0 Å². The third-order valence-electron chi connectivity index (χ3n) is 6.06. The minimum atomic E-state index is -0.166. The summed E-state index contributed by atoms with van der Waals surface area (Å²) in [5.74, 6) is 2.51. The average Bonchev–Trinajstić information content (AvgIpc) is 3.58. The van der Waals surface area contributed by atoms with Crippen LogP contribution in [0.25, 0.3) is 5.65 Å². The van der Waals surface area contributed by atoms with E-state index in [-0.39, 0.29) is 18.1 Å². The molecule has 0 radical (unpaired) electrons. The smallest absolute Gasteiger partial charge is 0.257 e. The molecule has 0 spiro atoms. The van der Waals surface area contributed by atoms with Gasteiger partial charge in [0, 0.05) is 37.2 Å². The number of anilines is 3. The van der Waals surface area contributed by atoms with E-state index >= 15 is 0 Å². The standard InChI is InChI=1S/C21H23N7O3/c1-22-17-7-16(25-15-3-2-6-23-21(15)31-11-4-5-11)26-19-12(8-24-28(17)19)20(29)27-18-13-9-30-10-14(13)18/h2-3,6-8,11,13-14,18,22H,4-5,9-10H2,1H3,(H,25,26)(H,27,29)/t13-,14?,18?/m0/s1. The zero-order valence-corrected chi connectivity index (χ0v) is 17.0. The molecule has 1 aliphatic heterocycles. The molecule has 3 aromatic heterocycles. The molecular formula is C21H23N7O3. The monoisotopic (exact) mass is 421 g/mol. The van der Waals surface area contributed by atoms with Gasteiger partial charge < -0.3 is 25.4 Å². The van der Waals surface area contributed by atoms with Crippen LogP contribution in [0.15, 0.2) is 30.6 Å². The number of nitrogens with zero attached hydrogens (tertiary/aromatic N) is 4. The molecule has 10 heteroatoms. The maximum absolute atomic E-state index is 12.9. The number of carbonyl (C=O) groups is 1. The normalized spacial score (nSPS) is 24.0. The second-order valence-electron chi connectivity index (χ2n) is 8.23. The zero-order chi connectivity index (χ0) is 20.9. The first-order valence-electron chi connectivity index (χ1n) is 10.5. The summed E-state index contributed by atoms with van der Waals surface area (Å²) in [5.41, 5.74) is 1.64. The third kappa shape index (κ3) is 3.32. The third-order valence-corrected chi connectivity index (χ3v) is 6.06. The van der Waals surface area contributed by atoms with Crippen LogP contribution in [0.5, 0.6) is 5.88 Å². The van der Waals surface area contributed by atoms with Gasteiger partial charge in [-0.2, -0.15) is 9.61 Å². The molecule has 0 bridgehead atoms. The summed E-state index contributed by atoms with van der Waals surface area (Å²) >= 11 is 0. The molecule has 1 saturated heterocycles. The van der Waals surface area contributed by atoms with E-state index < -0.39 is 0 Å². The molecule has 3 N–H and O–H groups in total. The van der Waals surface area contributed by atoms with Crippen molar-refractivity contribution in [1.29, 1.82) is 0 Å². The van der Waals surface area contributed by atoms with Crippen LogP contribution in [0.1, 0.15) is 23.2 Å². The number of fused-ring (bicyclic) bond motifs is 2. The lowest BCUT2D eigenvalue weighted by Gasteiger charge is -2.13. The van der Waals surface area contributed by atoms with Crippen LogP contribution in [0.3, 0.4) is 0 Å². The Morgan fingerprint density at radius 3 is 2.90 bits per heavy atom. The average molecular weight is 421 g/mol. The molecule has 4 heterocycles. The summed E-state index contributed by atoms with van der Waals surface area (Å²) in [4.78, 5) is 22.0. The first-order valence-corrected chi connectivity index (χ1v) is 10.5. The van der Waals surface area contributed by atoms with E-state index in [4.69, 9.17) is 9.47 Å². The first kappa shape index (κ1) is 18.4. The highest BCUT2D eigenvalue weighted by Gasteiger charge is 2.54. The Balaban J connectivity index is 1.30. The number of nitrogens with one attached hydrogen (secondary N) is 3. The minimum absolute atomic E-state index is 0.166. The van der Waals surface area contributed by atoms with E-state index in [1.807, 2.05) is 18.2 Å². The van der Waals surface area contributed by atoms with Crippen molar-refractivity contribution in [3.05, 3.63) is 36.2 Å². The Hall–Kier alpha value is -3.40. The fourth-order valence-electron chi connectivity index (χ4n) is 4.11. The Morgan fingerprint density at radius 2 is 2.13 bits per heavy atom. The molecule has 10 nitrogen and oxygen atoms in total. The highest BCUT2D eigenvalue weighted by atomic mass is 16.5. The molecule has 2 unspecified atom stereocenters. The molecular weight excluding hydrogens is 398 g/mol. The Morgan fingerprint density at radius 1 is 1.29 bits per heavy atom. The van der Waals surface area contributed by atoms with Gasteiger partial charge in [-0.05, 0) is 25.0 Å². The van der Waals surface area contributed by atoms with Gasteiger partial charge in [-0.15, -0.1) is 0 Å². The largest absolute Gasteiger partial charge is 0.473 e. The number of hydrogen-bond donors (Lipinski definition) is 3. The number of pyridine rings is 1. The molecule has 3 aliphatic rings. The molecule has 6 rings (SSSR count). The SMILES string of the molecule is CNc1cc(Nc2cccnc2OC2CC2)nc2c(C(=O)NC3C4COC[C@@H]43)cnn12. The van der Waals surface area contributed by atoms with Crippen LogP contribution in [-0.2, 0) is 4.74 Å². The highest BCUT2D eigenvalue weighted by molar-refractivity contribution is 6.00. The van der Waals surface area contributed by atoms with E-state index in [2.05, 4.69) is 31.0 Å². The predicted octanol–water partition coefficient (Wildman–Crippen LogP) is 1.83. The summed E-state index contributed by atoms with van der Waals surface area (Å²) < 4.78 is 12.9. The fourth-order valence-corrected chi connectivity index (χ4v) is 4.11. The first-order chi connectivity index (χ1) is 15.2. The van der Waals surface area contributed by atoms with Gasteiger partial charge in [-0.1, -0.05) is 0 Å². The van der Waals surface area contributed by atoms with Gasteiger partial charge in [0.05, 0.1) is 19.4 Å². The Labute approximate surface area is 178 Å². The second kappa shape index (κ2) is 7.09. The van der Waals surface area contributed by atoms with Crippen LogP contribution in [-0.4, -0.2) is 57.9 Å². The summed E-state index contributed by atoms with van der Waals surface area (Å²) in [6, 6.07) is 5.75. The van der Waals surface area contributed by atoms with Crippen molar-refractivity contribution in [3.8, 4) is 5.88 Å². The maximum Gasteiger partial charge on any atom is 0.257 e. The lowest BCUT2D eigenvalue weighted by Crippen LogP contribution is -2.29. The number of ether oxygens (including phenoxy) is 2. The molecule has 160 valence electrons. The Kier molecular flexibility index (Phi) is 4.20. The van der Waals surface area contributed by atoms with Crippen molar-refractivity contribution < 1.29 is 14.3 Å². The van der Waals surface area contributed by atoms with Crippen molar-refractivity contribution in [1.82, 2.24) is 24.9 Å². The number of amides is 1. The summed E-state index contributed by atoms with van der Waals surface area (Å²) in [5, 5.41) is 13.9. The van der Waals surface area contributed by atoms with Gasteiger partial charge in [-0.3, -0.25) is 4.79 Å².